The van der Waals surface area contributed by atoms with E-state index in [2.05, 4.69) is 5.10 Å². The Kier molecular flexibility index (Phi) is 2.90. The summed E-state index contributed by atoms with van der Waals surface area (Å²) >= 11 is 0. The highest BCUT2D eigenvalue weighted by Crippen LogP contribution is 2.21. The van der Waals surface area contributed by atoms with E-state index in [4.69, 9.17) is 11.1 Å². The van der Waals surface area contributed by atoms with Crippen molar-refractivity contribution < 1.29 is 4.39 Å². The molecule has 3 N–H and O–H groups in total. The van der Waals surface area contributed by atoms with Crippen molar-refractivity contribution in [2.24, 2.45) is 5.73 Å². The molecule has 4 nitrogen and oxygen atoms in total. The fourth-order valence-corrected chi connectivity index (χ4v) is 1.91. The molecule has 1 aromatic carbocycles. The molecule has 0 aliphatic rings. The maximum atomic E-state index is 13.8. The van der Waals surface area contributed by atoms with Crippen LogP contribution >= 0.6 is 0 Å². The van der Waals surface area contributed by atoms with E-state index in [0.717, 1.165) is 17.0 Å². The smallest absolute Gasteiger partial charge is 0.136 e. The Morgan fingerprint density at radius 3 is 2.50 bits per heavy atom. The maximum absolute atomic E-state index is 13.8. The molecule has 5 heteroatoms. The van der Waals surface area contributed by atoms with Gasteiger partial charge in [-0.15, -0.1) is 0 Å². The van der Waals surface area contributed by atoms with Gasteiger partial charge in [-0.25, -0.2) is 9.07 Å². The summed E-state index contributed by atoms with van der Waals surface area (Å²) in [6.45, 7) is 5.76. The van der Waals surface area contributed by atoms with E-state index in [9.17, 15) is 4.39 Å². The first-order chi connectivity index (χ1) is 8.43. The highest BCUT2D eigenvalue weighted by Gasteiger charge is 2.16. The zero-order valence-electron chi connectivity index (χ0n) is 10.6. The van der Waals surface area contributed by atoms with Gasteiger partial charge in [-0.1, -0.05) is 6.07 Å². The second kappa shape index (κ2) is 4.25. The van der Waals surface area contributed by atoms with Crippen LogP contribution in [-0.4, -0.2) is 15.6 Å². The third-order valence-corrected chi connectivity index (χ3v) is 3.14. The summed E-state index contributed by atoms with van der Waals surface area (Å²) in [5.41, 5.74) is 8.88. The molecule has 94 valence electrons. The number of benzene rings is 1. The zero-order chi connectivity index (χ0) is 13.4. The fourth-order valence-electron chi connectivity index (χ4n) is 1.91. The molecule has 0 atom stereocenters. The van der Waals surface area contributed by atoms with Gasteiger partial charge in [0, 0.05) is 5.69 Å². The Hall–Kier alpha value is -2.17. The Balaban J connectivity index is 2.75. The second-order valence-corrected chi connectivity index (χ2v) is 4.26. The molecule has 0 bridgehead atoms. The first-order valence-electron chi connectivity index (χ1n) is 5.59. The molecule has 0 aliphatic heterocycles. The number of aromatic nitrogens is 2. The van der Waals surface area contributed by atoms with E-state index in [1.165, 1.54) is 6.07 Å². The number of nitrogens with two attached hydrogens (primary N) is 1. The normalized spacial score (nSPS) is 10.7. The lowest BCUT2D eigenvalue weighted by molar-refractivity contribution is 0.621. The van der Waals surface area contributed by atoms with Gasteiger partial charge in [-0.3, -0.25) is 5.41 Å². The second-order valence-electron chi connectivity index (χ2n) is 4.26. The van der Waals surface area contributed by atoms with Gasteiger partial charge < -0.3 is 5.73 Å². The van der Waals surface area contributed by atoms with Crippen molar-refractivity contribution in [2.45, 2.75) is 20.8 Å². The molecule has 18 heavy (non-hydrogen) atoms. The molecule has 2 rings (SSSR count). The van der Waals surface area contributed by atoms with E-state index in [1.54, 1.807) is 16.8 Å². The molecule has 0 amide bonds. The van der Waals surface area contributed by atoms with Crippen LogP contribution in [0.1, 0.15) is 22.5 Å². The number of rotatable bonds is 2. The van der Waals surface area contributed by atoms with Crippen molar-refractivity contribution in [2.75, 3.05) is 0 Å². The van der Waals surface area contributed by atoms with E-state index >= 15 is 0 Å². The monoisotopic (exact) mass is 246 g/mol. The van der Waals surface area contributed by atoms with Crippen LogP contribution in [0.4, 0.5) is 4.39 Å². The number of nitrogens with one attached hydrogen (secondary N) is 1. The van der Waals surface area contributed by atoms with Crippen molar-refractivity contribution in [3.8, 4) is 5.69 Å². The van der Waals surface area contributed by atoms with E-state index in [1.807, 2.05) is 20.8 Å². The summed E-state index contributed by atoms with van der Waals surface area (Å²) in [5.74, 6) is -0.807. The van der Waals surface area contributed by atoms with Crippen LogP contribution in [0.15, 0.2) is 18.2 Å². The van der Waals surface area contributed by atoms with Crippen LogP contribution in [0.25, 0.3) is 5.69 Å². The number of hydrogen-bond donors (Lipinski definition) is 2. The molecule has 0 fully saturated rings. The minimum absolute atomic E-state index is 0.0862. The van der Waals surface area contributed by atoms with Gasteiger partial charge in [-0.05, 0) is 38.5 Å². The number of halogens is 1. The first kappa shape index (κ1) is 12.3. The van der Waals surface area contributed by atoms with E-state index < -0.39 is 5.82 Å². The van der Waals surface area contributed by atoms with Crippen LogP contribution < -0.4 is 5.73 Å². The van der Waals surface area contributed by atoms with Gasteiger partial charge in [-0.2, -0.15) is 5.10 Å². The van der Waals surface area contributed by atoms with Gasteiger partial charge in [0.1, 0.15) is 11.7 Å². The molecular formula is C13H15FN4. The molecule has 1 heterocycles. The number of nitrogen functional groups attached to an aromatic ring is 1. The average Bonchev–Trinajstić information content (AvgIpc) is 2.56. The Morgan fingerprint density at radius 2 is 2.00 bits per heavy atom. The van der Waals surface area contributed by atoms with Crippen LogP contribution in [-0.2, 0) is 0 Å². The summed E-state index contributed by atoms with van der Waals surface area (Å²) in [4.78, 5) is 0. The van der Waals surface area contributed by atoms with E-state index in [-0.39, 0.29) is 11.4 Å². The molecule has 0 saturated heterocycles. The maximum Gasteiger partial charge on any atom is 0.136 e. The number of nitrogens with zero attached hydrogens (tertiary/aromatic N) is 2. The van der Waals surface area contributed by atoms with E-state index in [0.29, 0.717) is 5.69 Å². The molecule has 0 unspecified atom stereocenters. The van der Waals surface area contributed by atoms with Crippen molar-refractivity contribution >= 4 is 5.84 Å². The van der Waals surface area contributed by atoms with Crippen LogP contribution in [0, 0.1) is 32.0 Å². The van der Waals surface area contributed by atoms with Crippen molar-refractivity contribution in [1.29, 1.82) is 5.41 Å². The summed E-state index contributed by atoms with van der Waals surface area (Å²) in [6.07, 6.45) is 0. The molecule has 0 saturated carbocycles. The highest BCUT2D eigenvalue weighted by molar-refractivity contribution is 5.98. The lowest BCUT2D eigenvalue weighted by Gasteiger charge is -2.11. The lowest BCUT2D eigenvalue weighted by atomic mass is 10.1. The van der Waals surface area contributed by atoms with Gasteiger partial charge in [0.15, 0.2) is 0 Å². The van der Waals surface area contributed by atoms with Gasteiger partial charge >= 0.3 is 0 Å². The summed E-state index contributed by atoms with van der Waals surface area (Å²) in [7, 11) is 0. The van der Waals surface area contributed by atoms with Crippen LogP contribution in [0.2, 0.25) is 0 Å². The third kappa shape index (κ3) is 1.77. The quantitative estimate of drug-likeness (QED) is 0.630. The van der Waals surface area contributed by atoms with Crippen LogP contribution in [0.5, 0.6) is 0 Å². The topological polar surface area (TPSA) is 67.7 Å². The zero-order valence-corrected chi connectivity index (χ0v) is 10.6. The summed E-state index contributed by atoms with van der Waals surface area (Å²) in [6, 6.07) is 4.58. The number of amidine groups is 1. The third-order valence-electron chi connectivity index (χ3n) is 3.14. The standard InChI is InChI=1S/C13H15FN4/c1-7-8(2)17-18(9(7)3)11-6-4-5-10(14)12(11)13(15)16/h4-6H,1-3H3,(H3,15,16). The number of aryl methyl sites for hydroxylation is 1. The van der Waals surface area contributed by atoms with Crippen molar-refractivity contribution in [3.05, 3.63) is 46.5 Å². The highest BCUT2D eigenvalue weighted by atomic mass is 19.1. The minimum Gasteiger partial charge on any atom is -0.384 e. The van der Waals surface area contributed by atoms with Crippen molar-refractivity contribution in [1.82, 2.24) is 9.78 Å². The fraction of sp³-hybridized carbons (Fsp3) is 0.231. The first-order valence-corrected chi connectivity index (χ1v) is 5.59. The van der Waals surface area contributed by atoms with Gasteiger partial charge in [0.25, 0.3) is 0 Å². The molecular weight excluding hydrogens is 231 g/mol. The summed E-state index contributed by atoms with van der Waals surface area (Å²) in [5, 5.41) is 11.9. The molecule has 0 aliphatic carbocycles. The summed E-state index contributed by atoms with van der Waals surface area (Å²) < 4.78 is 15.4. The minimum atomic E-state index is -0.509. The van der Waals surface area contributed by atoms with Crippen LogP contribution in [0.3, 0.4) is 0 Å². The predicted octanol–water partition coefficient (Wildman–Crippen LogP) is 2.22. The molecule has 1 aromatic heterocycles. The Bertz CT molecular complexity index is 628. The van der Waals surface area contributed by atoms with Crippen molar-refractivity contribution in [3.63, 3.8) is 0 Å². The predicted molar refractivity (Wildman–Crippen MR) is 68.7 cm³/mol. The largest absolute Gasteiger partial charge is 0.384 e. The molecule has 2 aromatic rings. The van der Waals surface area contributed by atoms with Gasteiger partial charge in [0.2, 0.25) is 0 Å². The average molecular weight is 246 g/mol. The molecule has 0 spiro atoms. The molecule has 0 radical (unpaired) electrons. The van der Waals surface area contributed by atoms with Gasteiger partial charge in [0.05, 0.1) is 16.9 Å². The lowest BCUT2D eigenvalue weighted by Crippen LogP contribution is -2.17. The Labute approximate surface area is 105 Å². The number of hydrogen-bond acceptors (Lipinski definition) is 2. The Morgan fingerprint density at radius 1 is 1.33 bits per heavy atom. The SMILES string of the molecule is Cc1nn(-c2cccc(F)c2C(=N)N)c(C)c1C.